The van der Waals surface area contributed by atoms with E-state index in [1.807, 2.05) is 17.5 Å². The van der Waals surface area contributed by atoms with Crippen LogP contribution < -0.4 is 5.32 Å². The second-order valence-electron chi connectivity index (χ2n) is 4.53. The molecule has 84 valence electrons. The molecule has 1 nitrogen and oxygen atoms in total. The molecular weight excluding hydrogens is 209 g/mol. The van der Waals surface area contributed by atoms with Crippen molar-refractivity contribution < 1.29 is 4.39 Å². The zero-order valence-electron chi connectivity index (χ0n) is 9.13. The van der Waals surface area contributed by atoms with Crippen LogP contribution in [-0.4, -0.2) is 12.6 Å². The van der Waals surface area contributed by atoms with E-state index in [4.69, 9.17) is 0 Å². The maximum Gasteiger partial charge on any atom is 0.143 e. The van der Waals surface area contributed by atoms with E-state index in [1.54, 1.807) is 6.92 Å². The monoisotopic (exact) mass is 227 g/mol. The van der Waals surface area contributed by atoms with Gasteiger partial charge >= 0.3 is 0 Å². The first-order chi connectivity index (χ1) is 7.18. The van der Waals surface area contributed by atoms with Crippen LogP contribution in [0.5, 0.6) is 0 Å². The van der Waals surface area contributed by atoms with E-state index in [0.29, 0.717) is 12.5 Å². The Morgan fingerprint density at radius 2 is 2.47 bits per heavy atom. The fourth-order valence-corrected chi connectivity index (χ4v) is 3.03. The normalized spacial score (nSPS) is 26.1. The van der Waals surface area contributed by atoms with Gasteiger partial charge in [-0.2, -0.15) is 0 Å². The van der Waals surface area contributed by atoms with Gasteiger partial charge in [-0.05, 0) is 37.8 Å². The smallest absolute Gasteiger partial charge is 0.143 e. The fraction of sp³-hybridized carbons (Fsp3) is 0.667. The minimum absolute atomic E-state index is 0.357. The van der Waals surface area contributed by atoms with Gasteiger partial charge < -0.3 is 5.32 Å². The predicted molar refractivity (Wildman–Crippen MR) is 63.0 cm³/mol. The van der Waals surface area contributed by atoms with Crippen LogP contribution >= 0.6 is 11.3 Å². The van der Waals surface area contributed by atoms with Crippen LogP contribution in [0.15, 0.2) is 17.5 Å². The summed E-state index contributed by atoms with van der Waals surface area (Å²) in [6.07, 6.45) is 4.19. The highest BCUT2D eigenvalue weighted by Crippen LogP contribution is 2.35. The van der Waals surface area contributed by atoms with Crippen LogP contribution in [0.4, 0.5) is 4.39 Å². The molecule has 0 aromatic carbocycles. The fourth-order valence-electron chi connectivity index (χ4n) is 2.24. The number of alkyl halides is 1. The van der Waals surface area contributed by atoms with Gasteiger partial charge in [0.05, 0.1) is 0 Å². The summed E-state index contributed by atoms with van der Waals surface area (Å²) in [6.45, 7) is 2.75. The summed E-state index contributed by atoms with van der Waals surface area (Å²) in [5, 5.41) is 5.35. The predicted octanol–water partition coefficient (Wildman–Crippen LogP) is 3.47. The molecule has 0 radical (unpaired) electrons. The third kappa shape index (κ3) is 2.79. The van der Waals surface area contributed by atoms with E-state index in [2.05, 4.69) is 5.32 Å². The molecule has 15 heavy (non-hydrogen) atoms. The van der Waals surface area contributed by atoms with E-state index in [9.17, 15) is 4.39 Å². The minimum atomic E-state index is -1.16. The molecule has 2 rings (SSSR count). The number of nitrogens with one attached hydrogen (secondary N) is 1. The summed E-state index contributed by atoms with van der Waals surface area (Å²) in [7, 11) is 0. The van der Waals surface area contributed by atoms with Gasteiger partial charge in [0.1, 0.15) is 5.67 Å². The van der Waals surface area contributed by atoms with Crippen molar-refractivity contribution in [1.82, 2.24) is 5.32 Å². The van der Waals surface area contributed by atoms with Gasteiger partial charge in [0.15, 0.2) is 0 Å². The Morgan fingerprint density at radius 3 is 3.07 bits per heavy atom. The highest BCUT2D eigenvalue weighted by molar-refractivity contribution is 7.10. The second kappa shape index (κ2) is 4.62. The number of thiophene rings is 1. The van der Waals surface area contributed by atoms with Crippen molar-refractivity contribution >= 4 is 11.3 Å². The highest BCUT2D eigenvalue weighted by Gasteiger charge is 2.31. The molecule has 0 bridgehead atoms. The van der Waals surface area contributed by atoms with Crippen molar-refractivity contribution in [2.45, 2.75) is 44.3 Å². The lowest BCUT2D eigenvalue weighted by Crippen LogP contribution is -2.38. The van der Waals surface area contributed by atoms with Crippen LogP contribution in [0.1, 0.15) is 37.5 Å². The molecule has 3 heteroatoms. The highest BCUT2D eigenvalue weighted by atomic mass is 32.1. The molecule has 1 fully saturated rings. The van der Waals surface area contributed by atoms with E-state index in [1.165, 1.54) is 24.2 Å². The van der Waals surface area contributed by atoms with Crippen molar-refractivity contribution in [3.63, 3.8) is 0 Å². The Hall–Kier alpha value is -0.410. The molecule has 1 aliphatic rings. The SMILES string of the molecule is CC(F)(CC1CCCCN1)c1cccs1. The summed E-state index contributed by atoms with van der Waals surface area (Å²) in [6, 6.07) is 4.18. The van der Waals surface area contributed by atoms with E-state index in [0.717, 1.165) is 17.8 Å². The molecule has 2 unspecified atom stereocenters. The molecule has 1 aliphatic heterocycles. The Kier molecular flexibility index (Phi) is 3.42. The lowest BCUT2D eigenvalue weighted by Gasteiger charge is -2.29. The van der Waals surface area contributed by atoms with Crippen LogP contribution in [0, 0.1) is 0 Å². The quantitative estimate of drug-likeness (QED) is 0.833. The van der Waals surface area contributed by atoms with Gasteiger partial charge in [-0.25, -0.2) is 4.39 Å². The van der Waals surface area contributed by atoms with Gasteiger partial charge in [-0.15, -0.1) is 11.3 Å². The van der Waals surface area contributed by atoms with E-state index in [-0.39, 0.29) is 0 Å². The molecule has 1 aromatic rings. The number of hydrogen-bond donors (Lipinski definition) is 1. The number of hydrogen-bond acceptors (Lipinski definition) is 2. The largest absolute Gasteiger partial charge is 0.314 e. The Morgan fingerprint density at radius 1 is 1.60 bits per heavy atom. The summed E-state index contributed by atoms with van der Waals surface area (Å²) in [5.74, 6) is 0. The molecule has 2 heterocycles. The number of halogens is 1. The lowest BCUT2D eigenvalue weighted by molar-refractivity contribution is 0.150. The maximum atomic E-state index is 14.4. The third-order valence-electron chi connectivity index (χ3n) is 3.08. The maximum absolute atomic E-state index is 14.4. The van der Waals surface area contributed by atoms with Gasteiger partial charge in [-0.1, -0.05) is 12.5 Å². The molecule has 0 spiro atoms. The molecule has 1 saturated heterocycles. The Labute approximate surface area is 94.7 Å². The first-order valence-electron chi connectivity index (χ1n) is 5.65. The van der Waals surface area contributed by atoms with Gasteiger partial charge in [0.2, 0.25) is 0 Å². The van der Waals surface area contributed by atoms with Gasteiger partial charge in [-0.3, -0.25) is 0 Å². The van der Waals surface area contributed by atoms with Crippen molar-refractivity contribution in [3.05, 3.63) is 22.4 Å². The number of piperidine rings is 1. The molecule has 1 N–H and O–H groups in total. The minimum Gasteiger partial charge on any atom is -0.314 e. The van der Waals surface area contributed by atoms with Crippen LogP contribution in [0.3, 0.4) is 0 Å². The van der Waals surface area contributed by atoms with Crippen molar-refractivity contribution in [1.29, 1.82) is 0 Å². The summed E-state index contributed by atoms with van der Waals surface area (Å²) < 4.78 is 14.4. The molecule has 2 atom stereocenters. The standard InChI is InChI=1S/C12H18FNS/c1-12(13,11-6-4-8-15-11)9-10-5-2-3-7-14-10/h4,6,8,10,14H,2-3,5,7,9H2,1H3. The average Bonchev–Trinajstić information content (AvgIpc) is 2.71. The molecular formula is C12H18FNS. The van der Waals surface area contributed by atoms with Gasteiger partial charge in [0.25, 0.3) is 0 Å². The van der Waals surface area contributed by atoms with Crippen molar-refractivity contribution in [2.75, 3.05) is 6.54 Å². The third-order valence-corrected chi connectivity index (χ3v) is 4.19. The van der Waals surface area contributed by atoms with Crippen LogP contribution in [0.25, 0.3) is 0 Å². The van der Waals surface area contributed by atoms with Crippen molar-refractivity contribution in [3.8, 4) is 0 Å². The molecule has 0 aliphatic carbocycles. The first-order valence-corrected chi connectivity index (χ1v) is 6.53. The summed E-state index contributed by atoms with van der Waals surface area (Å²) in [4.78, 5) is 0.856. The Balaban J connectivity index is 1.97. The van der Waals surface area contributed by atoms with Crippen molar-refractivity contribution in [2.24, 2.45) is 0 Å². The second-order valence-corrected chi connectivity index (χ2v) is 5.47. The summed E-state index contributed by atoms with van der Waals surface area (Å²) >= 11 is 1.52. The molecule has 0 saturated carbocycles. The van der Waals surface area contributed by atoms with Gasteiger partial charge in [0, 0.05) is 17.3 Å². The summed E-state index contributed by atoms with van der Waals surface area (Å²) in [5.41, 5.74) is -1.16. The molecule has 1 aromatic heterocycles. The topological polar surface area (TPSA) is 12.0 Å². The zero-order chi connectivity index (χ0) is 10.7. The first kappa shape index (κ1) is 11.1. The zero-order valence-corrected chi connectivity index (χ0v) is 9.95. The average molecular weight is 227 g/mol. The lowest BCUT2D eigenvalue weighted by atomic mass is 9.92. The van der Waals surface area contributed by atoms with Crippen LogP contribution in [0.2, 0.25) is 0 Å². The van der Waals surface area contributed by atoms with E-state index < -0.39 is 5.67 Å². The van der Waals surface area contributed by atoms with E-state index >= 15 is 0 Å². The number of rotatable bonds is 3. The molecule has 0 amide bonds. The van der Waals surface area contributed by atoms with Crippen LogP contribution in [-0.2, 0) is 5.67 Å². The Bertz CT molecular complexity index is 289.